The predicted molar refractivity (Wildman–Crippen MR) is 71.0 cm³/mol. The van der Waals surface area contributed by atoms with Gasteiger partial charge in [-0.05, 0) is 0 Å². The first kappa shape index (κ1) is 13.6. The Hall–Kier alpha value is 0.169. The second-order valence-electron chi connectivity index (χ2n) is 4.13. The van der Waals surface area contributed by atoms with Crippen molar-refractivity contribution >= 4 is 36.3 Å². The summed E-state index contributed by atoms with van der Waals surface area (Å²) in [6.07, 6.45) is 0. The summed E-state index contributed by atoms with van der Waals surface area (Å²) >= 11 is 1.31. The van der Waals surface area contributed by atoms with E-state index in [-0.39, 0.29) is 6.04 Å². The molecule has 0 bridgehead atoms. The molecule has 1 heterocycles. The van der Waals surface area contributed by atoms with Gasteiger partial charge in [0.15, 0.2) is 0 Å². The molecule has 1 aromatic carbocycles. The fraction of sp³-hybridized carbons (Fsp3) is 0.455. The summed E-state index contributed by atoms with van der Waals surface area (Å²) in [6.45, 7) is 4.10. The van der Waals surface area contributed by atoms with E-state index in [0.717, 1.165) is 10.9 Å². The molecule has 1 fully saturated rings. The molecule has 1 saturated heterocycles. The minimum atomic E-state index is -3.32. The second-order valence-corrected chi connectivity index (χ2v) is 13.7. The van der Waals surface area contributed by atoms with E-state index >= 15 is 0 Å². The van der Waals surface area contributed by atoms with Gasteiger partial charge >= 0.3 is 114 Å². The number of hydrogen-bond acceptors (Lipinski definition) is 2. The number of benzene rings is 1. The molecule has 2 atom stereocenters. The van der Waals surface area contributed by atoms with Crippen molar-refractivity contribution in [2.24, 2.45) is 0 Å². The van der Waals surface area contributed by atoms with Gasteiger partial charge < -0.3 is 0 Å². The van der Waals surface area contributed by atoms with Crippen molar-refractivity contribution in [2.45, 2.75) is 34.9 Å². The van der Waals surface area contributed by atoms with Crippen LogP contribution in [0.1, 0.15) is 12.5 Å². The number of hydrogen-bond donors (Lipinski definition) is 1. The zero-order valence-corrected chi connectivity index (χ0v) is 14.0. The van der Waals surface area contributed by atoms with Gasteiger partial charge in [0.05, 0.1) is 0 Å². The Bertz CT molecular complexity index is 487. The number of nitrogens with one attached hydrogen (secondary N) is 1. The van der Waals surface area contributed by atoms with Crippen molar-refractivity contribution in [3.8, 4) is 0 Å². The van der Waals surface area contributed by atoms with E-state index in [0.29, 0.717) is 36.0 Å². The molecule has 1 N–H and O–H groups in total. The van der Waals surface area contributed by atoms with Crippen LogP contribution in [-0.2, 0) is 10.0 Å². The molecule has 0 unspecified atom stereocenters. The number of aryl methyl sites for hydroxylation is 1. The molecule has 0 aromatic heterocycles. The monoisotopic (exact) mass is 385 g/mol. The van der Waals surface area contributed by atoms with Gasteiger partial charge in [-0.15, -0.1) is 0 Å². The summed E-state index contributed by atoms with van der Waals surface area (Å²) in [5.74, 6) is 0. The molecular weight excluding hydrogens is 368 g/mol. The van der Waals surface area contributed by atoms with Crippen LogP contribution in [0.5, 0.6) is 0 Å². The Balaban J connectivity index is 2.16. The maximum atomic E-state index is 12.1. The minimum absolute atomic E-state index is 0.154. The molecule has 3 nitrogen and oxygen atoms in total. The summed E-state index contributed by atoms with van der Waals surface area (Å²) in [7, 11) is -3.32. The Morgan fingerprint density at radius 2 is 1.94 bits per heavy atom. The van der Waals surface area contributed by atoms with E-state index in [2.05, 4.69) is 11.6 Å². The van der Waals surface area contributed by atoms with Crippen LogP contribution in [0, 0.1) is 6.92 Å². The van der Waals surface area contributed by atoms with Crippen LogP contribution in [0.3, 0.4) is 0 Å². The molecule has 0 spiro atoms. The molecule has 1 aromatic rings. The van der Waals surface area contributed by atoms with Crippen molar-refractivity contribution in [3.05, 3.63) is 29.8 Å². The van der Waals surface area contributed by atoms with Crippen molar-refractivity contribution in [2.75, 3.05) is 0 Å². The topological polar surface area (TPSA) is 46.2 Å². The Labute approximate surface area is 114 Å². The zero-order valence-electron chi connectivity index (χ0n) is 9.71. The van der Waals surface area contributed by atoms with Crippen LogP contribution in [0.4, 0.5) is 0 Å². The molecule has 1 aliphatic heterocycles. The fourth-order valence-corrected chi connectivity index (χ4v) is 12.5. The van der Waals surface area contributed by atoms with Crippen LogP contribution in [0.15, 0.2) is 29.2 Å². The van der Waals surface area contributed by atoms with E-state index < -0.39 is 10.0 Å². The van der Waals surface area contributed by atoms with Gasteiger partial charge in [0.25, 0.3) is 0 Å². The van der Waals surface area contributed by atoms with Gasteiger partial charge in [0.1, 0.15) is 0 Å². The van der Waals surface area contributed by atoms with Gasteiger partial charge in [-0.25, -0.2) is 0 Å². The SMILES string of the molecule is Cc1ccc(S(=O)(=O)N[C@H]2C[Se][Se][C@@H]2C)cc1. The molecule has 94 valence electrons. The molecular formula is C11H15NO2SSe2. The van der Waals surface area contributed by atoms with Gasteiger partial charge in [-0.3, -0.25) is 0 Å². The van der Waals surface area contributed by atoms with Crippen molar-refractivity contribution in [1.29, 1.82) is 0 Å². The molecule has 17 heavy (non-hydrogen) atoms. The molecule has 2 rings (SSSR count). The molecule has 0 aliphatic carbocycles. The maximum absolute atomic E-state index is 12.1. The van der Waals surface area contributed by atoms with E-state index in [1.54, 1.807) is 12.1 Å². The average Bonchev–Trinajstić information content (AvgIpc) is 2.64. The molecule has 0 saturated carbocycles. The van der Waals surface area contributed by atoms with Crippen LogP contribution in [0.2, 0.25) is 10.1 Å². The fourth-order valence-electron chi connectivity index (χ4n) is 1.54. The first-order valence-electron chi connectivity index (χ1n) is 5.36. The van der Waals surface area contributed by atoms with Gasteiger partial charge in [0, 0.05) is 0 Å². The summed E-state index contributed by atoms with van der Waals surface area (Å²) < 4.78 is 27.1. The molecule has 6 heteroatoms. The first-order valence-corrected chi connectivity index (χ1v) is 13.4. The summed E-state index contributed by atoms with van der Waals surface area (Å²) in [5, 5.41) is 1.04. The number of sulfonamides is 1. The van der Waals surface area contributed by atoms with Gasteiger partial charge in [-0.1, -0.05) is 0 Å². The molecule has 1 aliphatic rings. The van der Waals surface area contributed by atoms with Crippen molar-refractivity contribution in [1.82, 2.24) is 4.72 Å². The summed E-state index contributed by atoms with van der Waals surface area (Å²) in [6, 6.07) is 7.17. The summed E-state index contributed by atoms with van der Waals surface area (Å²) in [5.41, 5.74) is 1.07. The predicted octanol–water partition coefficient (Wildman–Crippen LogP) is 1.21. The van der Waals surface area contributed by atoms with E-state index in [9.17, 15) is 8.42 Å². The third kappa shape index (κ3) is 3.34. The second kappa shape index (κ2) is 5.43. The molecule has 0 amide bonds. The van der Waals surface area contributed by atoms with E-state index in [1.807, 2.05) is 19.1 Å². The van der Waals surface area contributed by atoms with Crippen LogP contribution >= 0.6 is 0 Å². The van der Waals surface area contributed by atoms with Gasteiger partial charge in [0.2, 0.25) is 0 Å². The van der Waals surface area contributed by atoms with E-state index in [4.69, 9.17) is 0 Å². The number of rotatable bonds is 3. The Kier molecular flexibility index (Phi) is 4.35. The third-order valence-corrected chi connectivity index (χ3v) is 13.1. The van der Waals surface area contributed by atoms with Gasteiger partial charge in [-0.2, -0.15) is 0 Å². The zero-order chi connectivity index (χ0) is 12.5. The van der Waals surface area contributed by atoms with Crippen LogP contribution in [0.25, 0.3) is 0 Å². The third-order valence-electron chi connectivity index (χ3n) is 2.67. The molecule has 0 radical (unpaired) electrons. The van der Waals surface area contributed by atoms with Crippen molar-refractivity contribution in [3.63, 3.8) is 0 Å². The average molecular weight is 383 g/mol. The van der Waals surface area contributed by atoms with Crippen LogP contribution < -0.4 is 4.72 Å². The standard InChI is InChI=1S/C11H15NO2SSe2/c1-8-3-5-10(6-4-8)15(13,14)12-11-7-16-17-9(11)2/h3-6,9,11-12H,7H2,1-2H3/t9-,11+/m1/s1. The van der Waals surface area contributed by atoms with Crippen LogP contribution in [-0.4, -0.2) is 40.7 Å². The normalized spacial score (nSPS) is 25.1. The quantitative estimate of drug-likeness (QED) is 0.798. The van der Waals surface area contributed by atoms with E-state index in [1.165, 1.54) is 0 Å². The first-order chi connectivity index (χ1) is 7.99. The Morgan fingerprint density at radius 1 is 1.29 bits per heavy atom. The summed E-state index contributed by atoms with van der Waals surface area (Å²) in [4.78, 5) is 0.907. The van der Waals surface area contributed by atoms with Crippen molar-refractivity contribution < 1.29 is 8.42 Å². The Morgan fingerprint density at radius 3 is 2.47 bits per heavy atom.